The fourth-order valence-corrected chi connectivity index (χ4v) is 1.99. The molecule has 4 heteroatoms. The van der Waals surface area contributed by atoms with Crippen molar-refractivity contribution < 1.29 is 19.0 Å². The van der Waals surface area contributed by atoms with Crippen LogP contribution in [-0.2, 0) is 19.0 Å². The van der Waals surface area contributed by atoms with Crippen molar-refractivity contribution in [2.24, 2.45) is 0 Å². The highest BCUT2D eigenvalue weighted by Gasteiger charge is 2.17. The second-order valence-electron chi connectivity index (χ2n) is 4.46. The first-order chi connectivity index (χ1) is 8.33. The first kappa shape index (κ1) is 14.5. The fraction of sp³-hybridized carbons (Fsp3) is 0.923. The summed E-state index contributed by atoms with van der Waals surface area (Å²) in [4.78, 5) is 11.5. The molecule has 17 heavy (non-hydrogen) atoms. The molecule has 0 aromatic heterocycles. The van der Waals surface area contributed by atoms with Gasteiger partial charge in [-0.05, 0) is 32.1 Å². The Balaban J connectivity index is 1.93. The number of hydrogen-bond acceptors (Lipinski definition) is 4. The Labute approximate surface area is 104 Å². The third-order valence-electron chi connectivity index (χ3n) is 2.95. The number of carbonyl (C=O) groups is 1. The lowest BCUT2D eigenvalue weighted by Crippen LogP contribution is -2.21. The summed E-state index contributed by atoms with van der Waals surface area (Å²) in [5.74, 6) is -0.0766. The summed E-state index contributed by atoms with van der Waals surface area (Å²) in [6.45, 7) is 1.80. The molecule has 1 aliphatic carbocycles. The van der Waals surface area contributed by atoms with E-state index in [0.29, 0.717) is 26.2 Å². The van der Waals surface area contributed by atoms with E-state index in [0.717, 1.165) is 19.3 Å². The summed E-state index contributed by atoms with van der Waals surface area (Å²) in [6.07, 6.45) is 7.10. The zero-order valence-electron chi connectivity index (χ0n) is 10.8. The van der Waals surface area contributed by atoms with E-state index in [4.69, 9.17) is 14.2 Å². The molecular formula is C13H24O4. The summed E-state index contributed by atoms with van der Waals surface area (Å²) in [5.41, 5.74) is 0. The average molecular weight is 244 g/mol. The van der Waals surface area contributed by atoms with Gasteiger partial charge in [-0.2, -0.15) is 0 Å². The highest BCUT2D eigenvalue weighted by Crippen LogP contribution is 2.20. The molecule has 0 bridgehead atoms. The molecule has 0 heterocycles. The smallest absolute Gasteiger partial charge is 0.306 e. The Morgan fingerprint density at radius 1 is 1.12 bits per heavy atom. The SMILES string of the molecule is COCCOCCCC(=O)OC1CCCCC1. The van der Waals surface area contributed by atoms with Crippen molar-refractivity contribution in [3.63, 3.8) is 0 Å². The molecule has 0 saturated heterocycles. The Bertz CT molecular complexity index is 200. The van der Waals surface area contributed by atoms with Crippen molar-refractivity contribution in [3.8, 4) is 0 Å². The van der Waals surface area contributed by atoms with Gasteiger partial charge in [0.05, 0.1) is 13.2 Å². The summed E-state index contributed by atoms with van der Waals surface area (Å²) >= 11 is 0. The van der Waals surface area contributed by atoms with E-state index in [9.17, 15) is 4.79 Å². The van der Waals surface area contributed by atoms with E-state index < -0.39 is 0 Å². The molecule has 0 aromatic rings. The van der Waals surface area contributed by atoms with Crippen LogP contribution < -0.4 is 0 Å². The molecule has 0 N–H and O–H groups in total. The maximum absolute atomic E-state index is 11.5. The van der Waals surface area contributed by atoms with Gasteiger partial charge in [-0.25, -0.2) is 0 Å². The normalized spacial score (nSPS) is 17.0. The monoisotopic (exact) mass is 244 g/mol. The lowest BCUT2D eigenvalue weighted by Gasteiger charge is -2.21. The highest BCUT2D eigenvalue weighted by molar-refractivity contribution is 5.69. The van der Waals surface area contributed by atoms with Crippen LogP contribution in [0.3, 0.4) is 0 Å². The van der Waals surface area contributed by atoms with Crippen LogP contribution in [0.2, 0.25) is 0 Å². The van der Waals surface area contributed by atoms with E-state index >= 15 is 0 Å². The molecule has 4 nitrogen and oxygen atoms in total. The molecule has 100 valence electrons. The predicted molar refractivity (Wildman–Crippen MR) is 64.9 cm³/mol. The summed E-state index contributed by atoms with van der Waals surface area (Å²) in [7, 11) is 1.64. The van der Waals surface area contributed by atoms with Gasteiger partial charge in [0.25, 0.3) is 0 Å². The molecule has 1 saturated carbocycles. The van der Waals surface area contributed by atoms with Crippen LogP contribution in [-0.4, -0.2) is 39.0 Å². The van der Waals surface area contributed by atoms with Gasteiger partial charge in [0.2, 0.25) is 0 Å². The summed E-state index contributed by atoms with van der Waals surface area (Å²) < 4.78 is 15.5. The third-order valence-corrected chi connectivity index (χ3v) is 2.95. The maximum atomic E-state index is 11.5. The summed E-state index contributed by atoms with van der Waals surface area (Å²) in [5, 5.41) is 0. The minimum absolute atomic E-state index is 0.0766. The van der Waals surface area contributed by atoms with Crippen LogP contribution in [0.25, 0.3) is 0 Å². The van der Waals surface area contributed by atoms with Gasteiger partial charge in [0.15, 0.2) is 0 Å². The van der Waals surface area contributed by atoms with Crippen molar-refractivity contribution in [2.45, 2.75) is 51.0 Å². The lowest BCUT2D eigenvalue weighted by molar-refractivity contribution is -0.150. The van der Waals surface area contributed by atoms with Gasteiger partial charge in [-0.3, -0.25) is 4.79 Å². The first-order valence-electron chi connectivity index (χ1n) is 6.59. The van der Waals surface area contributed by atoms with E-state index in [1.165, 1.54) is 19.3 Å². The topological polar surface area (TPSA) is 44.8 Å². The minimum Gasteiger partial charge on any atom is -0.462 e. The van der Waals surface area contributed by atoms with E-state index in [2.05, 4.69) is 0 Å². The van der Waals surface area contributed by atoms with Crippen molar-refractivity contribution in [1.29, 1.82) is 0 Å². The second kappa shape index (κ2) is 9.42. The Hall–Kier alpha value is -0.610. The fourth-order valence-electron chi connectivity index (χ4n) is 1.99. The van der Waals surface area contributed by atoms with Gasteiger partial charge >= 0.3 is 5.97 Å². The molecular weight excluding hydrogens is 220 g/mol. The molecule has 1 aliphatic rings. The number of hydrogen-bond donors (Lipinski definition) is 0. The maximum Gasteiger partial charge on any atom is 0.306 e. The van der Waals surface area contributed by atoms with Crippen molar-refractivity contribution in [2.75, 3.05) is 26.9 Å². The van der Waals surface area contributed by atoms with Crippen LogP contribution in [0.4, 0.5) is 0 Å². The van der Waals surface area contributed by atoms with E-state index in [1.807, 2.05) is 0 Å². The molecule has 1 fully saturated rings. The molecule has 0 aliphatic heterocycles. The average Bonchev–Trinajstić information content (AvgIpc) is 2.35. The Morgan fingerprint density at radius 2 is 1.88 bits per heavy atom. The number of esters is 1. The summed E-state index contributed by atoms with van der Waals surface area (Å²) in [6, 6.07) is 0. The van der Waals surface area contributed by atoms with Crippen molar-refractivity contribution >= 4 is 5.97 Å². The standard InChI is InChI=1S/C13H24O4/c1-15-10-11-16-9-5-8-13(14)17-12-6-3-2-4-7-12/h12H,2-11H2,1H3. The lowest BCUT2D eigenvalue weighted by atomic mass is 9.98. The van der Waals surface area contributed by atoms with Crippen LogP contribution >= 0.6 is 0 Å². The van der Waals surface area contributed by atoms with E-state index in [1.54, 1.807) is 7.11 Å². The van der Waals surface area contributed by atoms with E-state index in [-0.39, 0.29) is 12.1 Å². The largest absolute Gasteiger partial charge is 0.462 e. The van der Waals surface area contributed by atoms with Crippen molar-refractivity contribution in [3.05, 3.63) is 0 Å². The van der Waals surface area contributed by atoms with Crippen LogP contribution in [0.1, 0.15) is 44.9 Å². The van der Waals surface area contributed by atoms with Gasteiger partial charge in [0, 0.05) is 20.1 Å². The second-order valence-corrected chi connectivity index (χ2v) is 4.46. The van der Waals surface area contributed by atoms with Crippen LogP contribution in [0.15, 0.2) is 0 Å². The highest BCUT2D eigenvalue weighted by atomic mass is 16.5. The quantitative estimate of drug-likeness (QED) is 0.485. The molecule has 1 rings (SSSR count). The van der Waals surface area contributed by atoms with Gasteiger partial charge in [-0.1, -0.05) is 6.42 Å². The molecule has 0 aromatic carbocycles. The molecule has 0 spiro atoms. The molecule has 0 amide bonds. The third kappa shape index (κ3) is 7.34. The molecule has 0 atom stereocenters. The Morgan fingerprint density at radius 3 is 2.59 bits per heavy atom. The number of methoxy groups -OCH3 is 1. The minimum atomic E-state index is -0.0766. The predicted octanol–water partition coefficient (Wildman–Crippen LogP) is 2.31. The zero-order valence-corrected chi connectivity index (χ0v) is 10.8. The number of carbonyl (C=O) groups excluding carboxylic acids is 1. The van der Waals surface area contributed by atoms with Gasteiger partial charge < -0.3 is 14.2 Å². The van der Waals surface area contributed by atoms with Crippen LogP contribution in [0.5, 0.6) is 0 Å². The van der Waals surface area contributed by atoms with Gasteiger partial charge in [0.1, 0.15) is 6.10 Å². The first-order valence-corrected chi connectivity index (χ1v) is 6.59. The molecule has 0 radical (unpaired) electrons. The van der Waals surface area contributed by atoms with Gasteiger partial charge in [-0.15, -0.1) is 0 Å². The Kier molecular flexibility index (Phi) is 8.01. The van der Waals surface area contributed by atoms with Crippen LogP contribution in [0, 0.1) is 0 Å². The van der Waals surface area contributed by atoms with Crippen molar-refractivity contribution in [1.82, 2.24) is 0 Å². The molecule has 0 unspecified atom stereocenters. The number of ether oxygens (including phenoxy) is 3. The zero-order chi connectivity index (χ0) is 12.3. The number of rotatable bonds is 8.